The van der Waals surface area contributed by atoms with Gasteiger partial charge in [-0.05, 0) is 12.8 Å². The minimum atomic E-state index is 0. The standard InChI is InChI=1S/C6H11NO.Po.2H/c8-6-4-2-1-3-5-7-6;;;/h1-5H2,(H,7,8);;;. The summed E-state index contributed by atoms with van der Waals surface area (Å²) in [7, 11) is 0. The average molecular weight is 324 g/mol. The van der Waals surface area contributed by atoms with Gasteiger partial charge >= 0.3 is 26.6 Å². The molecule has 1 fully saturated rings. The fourth-order valence-corrected chi connectivity index (χ4v) is 0.904. The second-order valence-corrected chi connectivity index (χ2v) is 2.16. The van der Waals surface area contributed by atoms with Crippen molar-refractivity contribution in [3.8, 4) is 0 Å². The Hall–Kier alpha value is 0.366. The second kappa shape index (κ2) is 5.17. The Balaban J connectivity index is 0.000000640. The van der Waals surface area contributed by atoms with Crippen LogP contribution in [0.25, 0.3) is 0 Å². The van der Waals surface area contributed by atoms with Gasteiger partial charge in [0.15, 0.2) is 0 Å². The average Bonchev–Trinajstić information content (AvgIpc) is 1.94. The molecule has 1 aliphatic rings. The van der Waals surface area contributed by atoms with Crippen LogP contribution in [0.15, 0.2) is 0 Å². The quantitative estimate of drug-likeness (QED) is 0.655. The first kappa shape index (κ1) is 9.37. The predicted octanol–water partition coefficient (Wildman–Crippen LogP) is -0.240. The molecule has 9 heavy (non-hydrogen) atoms. The number of hydrogen-bond acceptors (Lipinski definition) is 1. The zero-order valence-electron chi connectivity index (χ0n) is 5.44. The summed E-state index contributed by atoms with van der Waals surface area (Å²) in [6, 6.07) is 0. The molecule has 0 radical (unpaired) electrons. The molecular formula is C6H13NOPo. The monoisotopic (exact) mass is 324 g/mol. The van der Waals surface area contributed by atoms with Crippen LogP contribution in [-0.4, -0.2) is 39.0 Å². The van der Waals surface area contributed by atoms with Crippen LogP contribution in [-0.2, 0) is 4.79 Å². The molecule has 2 nitrogen and oxygen atoms in total. The van der Waals surface area contributed by atoms with Crippen LogP contribution in [0.2, 0.25) is 0 Å². The Morgan fingerprint density at radius 2 is 2.00 bits per heavy atom. The van der Waals surface area contributed by atoms with E-state index in [4.69, 9.17) is 0 Å². The first-order chi connectivity index (χ1) is 3.89. The maximum absolute atomic E-state index is 10.6. The van der Waals surface area contributed by atoms with Crippen molar-refractivity contribution in [1.82, 2.24) is 5.32 Å². The fourth-order valence-electron chi connectivity index (χ4n) is 0.904. The molecule has 1 N–H and O–H groups in total. The third-order valence-electron chi connectivity index (χ3n) is 1.40. The topological polar surface area (TPSA) is 29.1 Å². The van der Waals surface area contributed by atoms with Gasteiger partial charge in [0.05, 0.1) is 0 Å². The maximum atomic E-state index is 10.6. The van der Waals surface area contributed by atoms with Crippen molar-refractivity contribution in [2.75, 3.05) is 6.54 Å². The van der Waals surface area contributed by atoms with Gasteiger partial charge in [0.25, 0.3) is 0 Å². The molecular weight excluding hydrogens is 311 g/mol. The summed E-state index contributed by atoms with van der Waals surface area (Å²) in [6.45, 7) is 0.888. The number of hydrogen-bond donors (Lipinski definition) is 1. The van der Waals surface area contributed by atoms with E-state index in [1.54, 1.807) is 0 Å². The van der Waals surface area contributed by atoms with Crippen LogP contribution < -0.4 is 5.32 Å². The third kappa shape index (κ3) is 3.87. The summed E-state index contributed by atoms with van der Waals surface area (Å²) in [6.07, 6.45) is 4.18. The molecule has 0 spiro atoms. The SMILES string of the molecule is O=C1CCCCCN1.[PoH2]. The normalized spacial score (nSPS) is 19.3. The molecule has 0 saturated carbocycles. The van der Waals surface area contributed by atoms with E-state index in [0.717, 1.165) is 25.8 Å². The number of amides is 1. The predicted molar refractivity (Wildman–Crippen MR) is 40.0 cm³/mol. The van der Waals surface area contributed by atoms with Crippen molar-refractivity contribution >= 4 is 32.5 Å². The molecule has 0 aromatic carbocycles. The van der Waals surface area contributed by atoms with E-state index in [2.05, 4.69) is 5.32 Å². The summed E-state index contributed by atoms with van der Waals surface area (Å²) in [4.78, 5) is 10.6. The van der Waals surface area contributed by atoms with E-state index in [0.29, 0.717) is 0 Å². The van der Waals surface area contributed by atoms with E-state index in [1.807, 2.05) is 0 Å². The number of nitrogens with one attached hydrogen (secondary N) is 1. The fraction of sp³-hybridized carbons (Fsp3) is 0.833. The van der Waals surface area contributed by atoms with Crippen LogP contribution in [0.5, 0.6) is 0 Å². The van der Waals surface area contributed by atoms with Crippen molar-refractivity contribution in [3.63, 3.8) is 0 Å². The van der Waals surface area contributed by atoms with Crippen LogP contribution in [0, 0.1) is 0 Å². The van der Waals surface area contributed by atoms with E-state index in [1.165, 1.54) is 6.42 Å². The van der Waals surface area contributed by atoms with Crippen LogP contribution in [0.1, 0.15) is 25.7 Å². The molecule has 0 atom stereocenters. The molecule has 1 saturated heterocycles. The molecule has 54 valence electrons. The van der Waals surface area contributed by atoms with Gasteiger partial charge in [-0.15, -0.1) is 0 Å². The molecule has 3 heteroatoms. The van der Waals surface area contributed by atoms with Crippen LogP contribution >= 0.6 is 0 Å². The Kier molecular flexibility index (Phi) is 5.39. The van der Waals surface area contributed by atoms with Gasteiger partial charge in [-0.3, -0.25) is 4.79 Å². The zero-order valence-corrected chi connectivity index (χ0v) is 9.33. The Bertz CT molecular complexity index is 85.1. The van der Waals surface area contributed by atoms with Crippen molar-refractivity contribution < 1.29 is 4.79 Å². The van der Waals surface area contributed by atoms with Crippen LogP contribution in [0.3, 0.4) is 0 Å². The molecule has 0 aromatic rings. The number of carbonyl (C=O) groups is 1. The molecule has 0 bridgehead atoms. The van der Waals surface area contributed by atoms with E-state index in [9.17, 15) is 4.79 Å². The molecule has 1 heterocycles. The van der Waals surface area contributed by atoms with Gasteiger partial charge in [0.1, 0.15) is 0 Å². The molecule has 1 rings (SSSR count). The first-order valence-electron chi connectivity index (χ1n) is 3.16. The van der Waals surface area contributed by atoms with Crippen molar-refractivity contribution in [1.29, 1.82) is 0 Å². The van der Waals surface area contributed by atoms with E-state index in [-0.39, 0.29) is 32.5 Å². The van der Waals surface area contributed by atoms with Crippen LogP contribution in [0.4, 0.5) is 0 Å². The summed E-state index contributed by atoms with van der Waals surface area (Å²) >= 11 is 0. The van der Waals surface area contributed by atoms with Crippen molar-refractivity contribution in [2.45, 2.75) is 25.7 Å². The molecule has 1 amide bonds. The summed E-state index contributed by atoms with van der Waals surface area (Å²) in [5.41, 5.74) is 0. The minimum absolute atomic E-state index is 0. The number of rotatable bonds is 0. The molecule has 1 aliphatic heterocycles. The molecule has 0 aliphatic carbocycles. The van der Waals surface area contributed by atoms with E-state index < -0.39 is 0 Å². The Labute approximate surface area is 74.9 Å². The third-order valence-corrected chi connectivity index (χ3v) is 1.40. The van der Waals surface area contributed by atoms with Crippen molar-refractivity contribution in [3.05, 3.63) is 0 Å². The van der Waals surface area contributed by atoms with Crippen molar-refractivity contribution in [2.24, 2.45) is 0 Å². The summed E-state index contributed by atoms with van der Waals surface area (Å²) in [5.74, 6) is 0.225. The van der Waals surface area contributed by atoms with Gasteiger partial charge in [0, 0.05) is 13.0 Å². The van der Waals surface area contributed by atoms with Gasteiger partial charge in [0.2, 0.25) is 5.91 Å². The summed E-state index contributed by atoms with van der Waals surface area (Å²) in [5, 5.41) is 2.81. The number of carbonyl (C=O) groups excluding carboxylic acids is 1. The first-order valence-corrected chi connectivity index (χ1v) is 3.16. The Morgan fingerprint density at radius 1 is 1.22 bits per heavy atom. The summed E-state index contributed by atoms with van der Waals surface area (Å²) < 4.78 is 0. The second-order valence-electron chi connectivity index (χ2n) is 2.16. The van der Waals surface area contributed by atoms with E-state index >= 15 is 0 Å². The van der Waals surface area contributed by atoms with Gasteiger partial charge in [-0.2, -0.15) is 0 Å². The molecule has 0 unspecified atom stereocenters. The van der Waals surface area contributed by atoms with Gasteiger partial charge in [-0.25, -0.2) is 0 Å². The van der Waals surface area contributed by atoms with Gasteiger partial charge < -0.3 is 5.32 Å². The zero-order chi connectivity index (χ0) is 5.82. The Morgan fingerprint density at radius 3 is 2.78 bits per heavy atom. The molecule has 0 aromatic heterocycles. The van der Waals surface area contributed by atoms with Gasteiger partial charge in [-0.1, -0.05) is 6.42 Å².